The zero-order valence-electron chi connectivity index (χ0n) is 10.6. The van der Waals surface area contributed by atoms with Crippen LogP contribution in [0.2, 0.25) is 5.02 Å². The number of hydrogen-bond acceptors (Lipinski definition) is 3. The summed E-state index contributed by atoms with van der Waals surface area (Å²) in [5.74, 6) is -2.67. The zero-order chi connectivity index (χ0) is 14.3. The molecular weight excluding hydrogens is 282 g/mol. The summed E-state index contributed by atoms with van der Waals surface area (Å²) in [5.41, 5.74) is 0.564. The minimum atomic E-state index is -0.969. The fraction of sp³-hybridized carbons (Fsp3) is 0.429. The molecule has 1 amide bonds. The summed E-state index contributed by atoms with van der Waals surface area (Å²) < 4.78 is 5.57. The number of ether oxygens (including phenoxy) is 1. The van der Waals surface area contributed by atoms with Gasteiger partial charge in [-0.15, -0.1) is 0 Å². The number of benzene rings is 1. The van der Waals surface area contributed by atoms with Crippen LogP contribution in [0.5, 0.6) is 0 Å². The van der Waals surface area contributed by atoms with E-state index in [0.29, 0.717) is 17.1 Å². The minimum Gasteiger partial charge on any atom is -0.481 e. The molecule has 2 fully saturated rings. The van der Waals surface area contributed by atoms with Gasteiger partial charge in [0, 0.05) is 10.7 Å². The molecule has 1 aromatic rings. The molecule has 3 rings (SSSR count). The van der Waals surface area contributed by atoms with Gasteiger partial charge in [-0.2, -0.15) is 0 Å². The molecule has 5 nitrogen and oxygen atoms in total. The monoisotopic (exact) mass is 295 g/mol. The molecule has 2 aliphatic heterocycles. The van der Waals surface area contributed by atoms with Crippen molar-refractivity contribution in [2.75, 3.05) is 5.32 Å². The van der Waals surface area contributed by atoms with Gasteiger partial charge in [0.25, 0.3) is 0 Å². The molecule has 2 bridgehead atoms. The molecule has 2 aliphatic rings. The van der Waals surface area contributed by atoms with Crippen molar-refractivity contribution in [3.05, 3.63) is 29.3 Å². The van der Waals surface area contributed by atoms with Crippen LogP contribution in [0, 0.1) is 11.8 Å². The summed E-state index contributed by atoms with van der Waals surface area (Å²) in [7, 11) is 0. The van der Waals surface area contributed by atoms with Crippen molar-refractivity contribution >= 4 is 29.2 Å². The Balaban J connectivity index is 1.78. The van der Waals surface area contributed by atoms with Gasteiger partial charge in [-0.25, -0.2) is 0 Å². The van der Waals surface area contributed by atoms with E-state index in [1.165, 1.54) is 0 Å². The highest BCUT2D eigenvalue weighted by molar-refractivity contribution is 6.30. The Kier molecular flexibility index (Phi) is 3.40. The Morgan fingerprint density at radius 3 is 2.60 bits per heavy atom. The van der Waals surface area contributed by atoms with E-state index in [4.69, 9.17) is 16.3 Å². The van der Waals surface area contributed by atoms with Gasteiger partial charge in [0.1, 0.15) is 0 Å². The highest BCUT2D eigenvalue weighted by Gasteiger charge is 2.55. The van der Waals surface area contributed by atoms with Gasteiger partial charge in [0.15, 0.2) is 0 Å². The average molecular weight is 296 g/mol. The van der Waals surface area contributed by atoms with Gasteiger partial charge >= 0.3 is 5.97 Å². The quantitative estimate of drug-likeness (QED) is 0.896. The first kappa shape index (κ1) is 13.4. The number of halogens is 1. The lowest BCUT2D eigenvalue weighted by Crippen LogP contribution is -2.40. The number of carboxylic acid groups (broad SMARTS) is 1. The molecule has 0 aliphatic carbocycles. The SMILES string of the molecule is O=C(Nc1cccc(Cl)c1)[C@@H]1[C@H](C(=O)O)[C@H]2CC[C@H]1O2. The van der Waals surface area contributed by atoms with Crippen molar-refractivity contribution in [2.24, 2.45) is 11.8 Å². The standard InChI is InChI=1S/C14H14ClNO4/c15-7-2-1-3-8(6-7)16-13(17)11-9-4-5-10(20-9)12(11)14(18)19/h1-3,6,9-12H,4-5H2,(H,16,17)(H,18,19)/t9-,10-,11+,12-/m1/s1. The van der Waals surface area contributed by atoms with Crippen molar-refractivity contribution in [2.45, 2.75) is 25.0 Å². The molecule has 0 aromatic heterocycles. The summed E-state index contributed by atoms with van der Waals surface area (Å²) in [5, 5.41) is 12.5. The van der Waals surface area contributed by atoms with Crippen LogP contribution in [0.3, 0.4) is 0 Å². The van der Waals surface area contributed by atoms with E-state index >= 15 is 0 Å². The number of carbonyl (C=O) groups is 2. The third-order valence-electron chi connectivity index (χ3n) is 3.95. The average Bonchev–Trinajstić information content (AvgIpc) is 2.98. The predicted octanol–water partition coefficient (Wildman–Crippen LogP) is 2.16. The summed E-state index contributed by atoms with van der Waals surface area (Å²) in [6, 6.07) is 6.78. The molecule has 2 N–H and O–H groups in total. The van der Waals surface area contributed by atoms with E-state index in [9.17, 15) is 14.7 Å². The van der Waals surface area contributed by atoms with E-state index < -0.39 is 17.8 Å². The third-order valence-corrected chi connectivity index (χ3v) is 4.19. The van der Waals surface area contributed by atoms with Crippen LogP contribution >= 0.6 is 11.6 Å². The number of aliphatic carboxylic acids is 1. The number of nitrogens with one attached hydrogen (secondary N) is 1. The fourth-order valence-corrected chi connectivity index (χ4v) is 3.31. The maximum atomic E-state index is 12.3. The molecule has 4 atom stereocenters. The largest absolute Gasteiger partial charge is 0.481 e. The van der Waals surface area contributed by atoms with Crippen LogP contribution in [-0.4, -0.2) is 29.2 Å². The number of hydrogen-bond donors (Lipinski definition) is 2. The van der Waals surface area contributed by atoms with Gasteiger partial charge in [-0.1, -0.05) is 17.7 Å². The minimum absolute atomic E-state index is 0.291. The second kappa shape index (κ2) is 5.07. The van der Waals surface area contributed by atoms with E-state index in [1.807, 2.05) is 0 Å². The van der Waals surface area contributed by atoms with E-state index in [1.54, 1.807) is 24.3 Å². The van der Waals surface area contributed by atoms with Gasteiger partial charge in [-0.3, -0.25) is 9.59 Å². The van der Waals surface area contributed by atoms with Crippen molar-refractivity contribution < 1.29 is 19.4 Å². The first-order valence-electron chi connectivity index (χ1n) is 6.51. The van der Waals surface area contributed by atoms with E-state index in [0.717, 1.165) is 6.42 Å². The second-order valence-corrected chi connectivity index (χ2v) is 5.62. The number of carboxylic acids is 1. The Labute approximate surface area is 120 Å². The smallest absolute Gasteiger partial charge is 0.310 e. The van der Waals surface area contributed by atoms with Crippen molar-refractivity contribution in [1.82, 2.24) is 0 Å². The normalized spacial score (nSPS) is 31.2. The lowest BCUT2D eigenvalue weighted by molar-refractivity contribution is -0.147. The maximum Gasteiger partial charge on any atom is 0.310 e. The molecular formula is C14H14ClNO4. The van der Waals surface area contributed by atoms with E-state index in [2.05, 4.69) is 5.32 Å². The molecule has 2 heterocycles. The number of fused-ring (bicyclic) bond motifs is 2. The Morgan fingerprint density at radius 2 is 1.95 bits per heavy atom. The molecule has 0 unspecified atom stereocenters. The Morgan fingerprint density at radius 1 is 1.25 bits per heavy atom. The summed E-state index contributed by atoms with van der Waals surface area (Å²) in [6.07, 6.45) is 0.817. The molecule has 20 heavy (non-hydrogen) atoms. The second-order valence-electron chi connectivity index (χ2n) is 5.18. The van der Waals surface area contributed by atoms with Crippen LogP contribution in [0.25, 0.3) is 0 Å². The van der Waals surface area contributed by atoms with Gasteiger partial charge in [-0.05, 0) is 31.0 Å². The fourth-order valence-electron chi connectivity index (χ4n) is 3.12. The summed E-state index contributed by atoms with van der Waals surface area (Å²) in [6.45, 7) is 0. The number of carbonyl (C=O) groups excluding carboxylic acids is 1. The number of amides is 1. The van der Waals surface area contributed by atoms with Crippen molar-refractivity contribution in [3.8, 4) is 0 Å². The van der Waals surface area contributed by atoms with Crippen LogP contribution in [-0.2, 0) is 14.3 Å². The lowest BCUT2D eigenvalue weighted by atomic mass is 9.78. The molecule has 0 radical (unpaired) electrons. The summed E-state index contributed by atoms with van der Waals surface area (Å²) >= 11 is 5.86. The molecule has 0 spiro atoms. The molecule has 1 aromatic carbocycles. The van der Waals surface area contributed by atoms with Gasteiger partial charge in [0.2, 0.25) is 5.91 Å². The zero-order valence-corrected chi connectivity index (χ0v) is 11.3. The van der Waals surface area contributed by atoms with Gasteiger partial charge in [0.05, 0.1) is 24.0 Å². The lowest BCUT2D eigenvalue weighted by Gasteiger charge is -2.23. The first-order valence-corrected chi connectivity index (χ1v) is 6.89. The van der Waals surface area contributed by atoms with Crippen LogP contribution in [0.1, 0.15) is 12.8 Å². The summed E-state index contributed by atoms with van der Waals surface area (Å²) in [4.78, 5) is 23.7. The Bertz CT molecular complexity index is 562. The highest BCUT2D eigenvalue weighted by Crippen LogP contribution is 2.44. The topological polar surface area (TPSA) is 75.6 Å². The number of rotatable bonds is 3. The van der Waals surface area contributed by atoms with Crippen LogP contribution in [0.15, 0.2) is 24.3 Å². The predicted molar refractivity (Wildman–Crippen MR) is 72.6 cm³/mol. The Hall–Kier alpha value is -1.59. The maximum absolute atomic E-state index is 12.3. The molecule has 6 heteroatoms. The molecule has 106 valence electrons. The molecule has 0 saturated carbocycles. The van der Waals surface area contributed by atoms with Crippen molar-refractivity contribution in [1.29, 1.82) is 0 Å². The van der Waals surface area contributed by atoms with Crippen LogP contribution < -0.4 is 5.32 Å². The first-order chi connectivity index (χ1) is 9.56. The third kappa shape index (κ3) is 2.27. The van der Waals surface area contributed by atoms with Crippen molar-refractivity contribution in [3.63, 3.8) is 0 Å². The number of anilines is 1. The molecule has 2 saturated heterocycles. The van der Waals surface area contributed by atoms with Gasteiger partial charge < -0.3 is 15.2 Å². The highest BCUT2D eigenvalue weighted by atomic mass is 35.5. The van der Waals surface area contributed by atoms with Crippen LogP contribution in [0.4, 0.5) is 5.69 Å². The van der Waals surface area contributed by atoms with E-state index in [-0.39, 0.29) is 18.1 Å².